The molecule has 0 spiro atoms. The van der Waals surface area contributed by atoms with Crippen LogP contribution in [0.2, 0.25) is 0 Å². The van der Waals surface area contributed by atoms with Crippen molar-refractivity contribution in [1.29, 1.82) is 0 Å². The minimum atomic E-state index is 0.872. The van der Waals surface area contributed by atoms with E-state index in [1.54, 1.807) is 0 Å². The monoisotopic (exact) mass is 348 g/mol. The first-order chi connectivity index (χ1) is 12.7. The maximum absolute atomic E-state index is 4.50. The summed E-state index contributed by atoms with van der Waals surface area (Å²) in [6.07, 6.45) is 5.69. The molecule has 26 heavy (non-hydrogen) atoms. The van der Waals surface area contributed by atoms with Gasteiger partial charge in [-0.2, -0.15) is 0 Å². The zero-order valence-corrected chi connectivity index (χ0v) is 17.1. The fourth-order valence-corrected chi connectivity index (χ4v) is 2.39. The highest BCUT2D eigenvalue weighted by atomic mass is 14.9. The largest absolute Gasteiger partial charge is 0.241 e. The van der Waals surface area contributed by atoms with Gasteiger partial charge in [-0.3, -0.25) is 0 Å². The Morgan fingerprint density at radius 2 is 1.04 bits per heavy atom. The summed E-state index contributed by atoms with van der Waals surface area (Å²) in [4.78, 5) is 9.00. The summed E-state index contributed by atoms with van der Waals surface area (Å²) in [7, 11) is 0. The highest BCUT2D eigenvalue weighted by molar-refractivity contribution is 5.61. The Morgan fingerprint density at radius 1 is 0.577 bits per heavy atom. The van der Waals surface area contributed by atoms with Crippen molar-refractivity contribution in [2.24, 2.45) is 0 Å². The fourth-order valence-electron chi connectivity index (χ4n) is 2.39. The van der Waals surface area contributed by atoms with Crippen LogP contribution in [0.1, 0.15) is 50.2 Å². The zero-order valence-electron chi connectivity index (χ0n) is 17.1. The number of hydrogen-bond acceptors (Lipinski definition) is 2. The van der Waals surface area contributed by atoms with Crippen molar-refractivity contribution in [1.82, 2.24) is 9.97 Å². The van der Waals surface area contributed by atoms with Crippen LogP contribution in [0.25, 0.3) is 11.1 Å². The third-order valence-electron chi connectivity index (χ3n) is 3.85. The summed E-state index contributed by atoms with van der Waals surface area (Å²) in [6.45, 7) is 12.2. The first-order valence-corrected chi connectivity index (χ1v) is 9.64. The smallest absolute Gasteiger partial charge is 0.128 e. The van der Waals surface area contributed by atoms with Gasteiger partial charge in [0, 0.05) is 24.4 Å². The van der Waals surface area contributed by atoms with Crippen LogP contribution < -0.4 is 0 Å². The summed E-state index contributed by atoms with van der Waals surface area (Å²) in [5.74, 6) is 0.899. The molecule has 2 nitrogen and oxygen atoms in total. The molecular weight excluding hydrogens is 316 g/mol. The number of benzene rings is 2. The van der Waals surface area contributed by atoms with Gasteiger partial charge in [0.2, 0.25) is 0 Å². The highest BCUT2D eigenvalue weighted by Crippen LogP contribution is 2.18. The van der Waals surface area contributed by atoms with Crippen molar-refractivity contribution in [3.63, 3.8) is 0 Å². The van der Waals surface area contributed by atoms with Gasteiger partial charge < -0.3 is 0 Å². The molecular formula is C24H32N2. The predicted octanol–water partition coefficient (Wildman–Crippen LogP) is 6.60. The maximum atomic E-state index is 4.50. The zero-order chi connectivity index (χ0) is 19.4. The summed E-state index contributed by atoms with van der Waals surface area (Å²) in [5.41, 5.74) is 6.12. The quantitative estimate of drug-likeness (QED) is 0.531. The summed E-state index contributed by atoms with van der Waals surface area (Å²) < 4.78 is 0. The molecule has 0 bridgehead atoms. The molecule has 0 atom stereocenters. The van der Waals surface area contributed by atoms with Crippen molar-refractivity contribution in [3.05, 3.63) is 83.4 Å². The van der Waals surface area contributed by atoms with E-state index in [9.17, 15) is 0 Å². The second-order valence-electron chi connectivity index (χ2n) is 5.74. The third-order valence-corrected chi connectivity index (χ3v) is 3.85. The lowest BCUT2D eigenvalue weighted by Crippen LogP contribution is -1.98. The Bertz CT molecular complexity index is 727. The Kier molecular flexibility index (Phi) is 9.93. The minimum Gasteiger partial charge on any atom is -0.241 e. The van der Waals surface area contributed by atoms with Gasteiger partial charge in [0.25, 0.3) is 0 Å². The van der Waals surface area contributed by atoms with E-state index in [0.29, 0.717) is 0 Å². The molecule has 0 aliphatic heterocycles. The van der Waals surface area contributed by atoms with Crippen LogP contribution in [0.15, 0.2) is 60.9 Å². The van der Waals surface area contributed by atoms with Crippen LogP contribution in [-0.4, -0.2) is 9.97 Å². The normalized spacial score (nSPS) is 9.46. The number of aromatic nitrogens is 2. The average Bonchev–Trinajstić information content (AvgIpc) is 2.72. The molecule has 0 radical (unpaired) electrons. The van der Waals surface area contributed by atoms with E-state index >= 15 is 0 Å². The molecule has 0 unspecified atom stereocenters. The van der Waals surface area contributed by atoms with E-state index in [1.807, 2.05) is 40.1 Å². The van der Waals surface area contributed by atoms with Gasteiger partial charge in [0.1, 0.15) is 5.82 Å². The first-order valence-electron chi connectivity index (χ1n) is 9.64. The molecule has 0 saturated carbocycles. The topological polar surface area (TPSA) is 25.8 Å². The number of rotatable bonds is 4. The van der Waals surface area contributed by atoms with Crippen LogP contribution in [0.3, 0.4) is 0 Å². The lowest BCUT2D eigenvalue weighted by molar-refractivity contribution is 0.858. The molecule has 0 fully saturated rings. The lowest BCUT2D eigenvalue weighted by Gasteiger charge is -2.04. The number of hydrogen-bond donors (Lipinski definition) is 0. The lowest BCUT2D eigenvalue weighted by atomic mass is 10.1. The van der Waals surface area contributed by atoms with Gasteiger partial charge in [-0.05, 0) is 31.4 Å². The van der Waals surface area contributed by atoms with Crippen LogP contribution in [0, 0.1) is 13.8 Å². The molecule has 3 rings (SSSR count). The van der Waals surface area contributed by atoms with Crippen molar-refractivity contribution >= 4 is 0 Å². The number of nitrogens with zero attached hydrogens (tertiary/aromatic N) is 2. The van der Waals surface area contributed by atoms with E-state index in [1.165, 1.54) is 16.7 Å². The summed E-state index contributed by atoms with van der Waals surface area (Å²) >= 11 is 0. The fraction of sp³-hybridized carbons (Fsp3) is 0.333. The third kappa shape index (κ3) is 6.79. The molecule has 2 aromatic carbocycles. The minimum absolute atomic E-state index is 0.872. The Balaban J connectivity index is 0.000000791. The number of aryl methyl sites for hydroxylation is 4. The molecule has 0 N–H and O–H groups in total. The summed E-state index contributed by atoms with van der Waals surface area (Å²) in [6, 6.07) is 17.1. The molecule has 0 amide bonds. The van der Waals surface area contributed by atoms with Crippen LogP contribution in [0.5, 0.6) is 0 Å². The summed E-state index contributed by atoms with van der Waals surface area (Å²) in [5, 5.41) is 0. The van der Waals surface area contributed by atoms with E-state index in [4.69, 9.17) is 0 Å². The molecule has 0 aliphatic carbocycles. The molecule has 2 heteroatoms. The van der Waals surface area contributed by atoms with Crippen LogP contribution in [0.4, 0.5) is 0 Å². The molecule has 1 aromatic heterocycles. The molecule has 3 aromatic rings. The van der Waals surface area contributed by atoms with Crippen LogP contribution in [-0.2, 0) is 12.8 Å². The maximum Gasteiger partial charge on any atom is 0.128 e. The van der Waals surface area contributed by atoms with Gasteiger partial charge in [0.15, 0.2) is 0 Å². The van der Waals surface area contributed by atoms with Crippen LogP contribution >= 0.6 is 0 Å². The average molecular weight is 349 g/mol. The van der Waals surface area contributed by atoms with Gasteiger partial charge in [-0.15, -0.1) is 0 Å². The van der Waals surface area contributed by atoms with Gasteiger partial charge in [-0.25, -0.2) is 9.97 Å². The van der Waals surface area contributed by atoms with E-state index < -0.39 is 0 Å². The van der Waals surface area contributed by atoms with E-state index in [2.05, 4.69) is 72.3 Å². The molecule has 0 aliphatic rings. The molecule has 0 saturated heterocycles. The highest BCUT2D eigenvalue weighted by Gasteiger charge is 2.02. The van der Waals surface area contributed by atoms with Crippen molar-refractivity contribution in [2.75, 3.05) is 0 Å². The standard InChI is InChI=1S/C20H20N2.2C2H6/c1-15-3-7-17(8-4-15)9-12-20-21-13-19(14-22-20)18-10-5-16(2)6-11-18;2*1-2/h3-8,10-11,13-14H,9,12H2,1-2H3;2*1-2H3. The molecule has 1 heterocycles. The van der Waals surface area contributed by atoms with Crippen molar-refractivity contribution in [2.45, 2.75) is 54.4 Å². The second-order valence-corrected chi connectivity index (χ2v) is 5.74. The second kappa shape index (κ2) is 12.0. The van der Waals surface area contributed by atoms with E-state index in [0.717, 1.165) is 29.8 Å². The van der Waals surface area contributed by atoms with Crippen molar-refractivity contribution in [3.8, 4) is 11.1 Å². The van der Waals surface area contributed by atoms with Gasteiger partial charge >= 0.3 is 0 Å². The van der Waals surface area contributed by atoms with Gasteiger partial charge in [0.05, 0.1) is 0 Å². The first kappa shape index (κ1) is 21.6. The SMILES string of the molecule is CC.CC.Cc1ccc(CCc2ncc(-c3ccc(C)cc3)cn2)cc1. The van der Waals surface area contributed by atoms with Gasteiger partial charge in [-0.1, -0.05) is 87.4 Å². The Hall–Kier alpha value is -2.48. The Morgan fingerprint density at radius 3 is 1.54 bits per heavy atom. The van der Waals surface area contributed by atoms with E-state index in [-0.39, 0.29) is 0 Å². The molecule has 138 valence electrons. The Labute approximate surface area is 159 Å². The predicted molar refractivity (Wildman–Crippen MR) is 113 cm³/mol. The van der Waals surface area contributed by atoms with Crippen molar-refractivity contribution < 1.29 is 0 Å².